The number of fused-ring (bicyclic) bond motifs is 1. The van der Waals surface area contributed by atoms with Crippen molar-refractivity contribution in [1.82, 2.24) is 26.1 Å². The maximum absolute atomic E-state index is 13.8. The van der Waals surface area contributed by atoms with Crippen molar-refractivity contribution in [2.45, 2.75) is 70.7 Å². The number of carbonyl (C=O) groups excluding carboxylic acids is 3. The molecule has 2 aromatic carbocycles. The molecule has 1 aromatic heterocycles. The lowest BCUT2D eigenvalue weighted by molar-refractivity contribution is -0.127. The molecule has 0 radical (unpaired) electrons. The fourth-order valence-electron chi connectivity index (χ4n) is 6.17. The number of nitrogens with zero attached hydrogens (tertiary/aromatic N) is 2. The number of methoxy groups -OCH3 is 1. The fourth-order valence-corrected chi connectivity index (χ4v) is 6.17. The lowest BCUT2D eigenvalue weighted by Crippen LogP contribution is -2.59. The van der Waals surface area contributed by atoms with Gasteiger partial charge < -0.3 is 34.7 Å². The molecule has 3 amide bonds. The Morgan fingerprint density at radius 2 is 1.72 bits per heavy atom. The van der Waals surface area contributed by atoms with Crippen LogP contribution in [0.5, 0.6) is 0 Å². The zero-order valence-corrected chi connectivity index (χ0v) is 28.9. The Morgan fingerprint density at radius 1 is 0.960 bits per heavy atom. The molecular formula is C37H47N5O8. The lowest BCUT2D eigenvalue weighted by atomic mass is 9.85. The molecule has 3 aromatic rings. The summed E-state index contributed by atoms with van der Waals surface area (Å²) in [5, 5.41) is 19.0. The number of carbonyl (C=O) groups is 3. The van der Waals surface area contributed by atoms with Gasteiger partial charge >= 0.3 is 12.2 Å². The van der Waals surface area contributed by atoms with Crippen LogP contribution in [0, 0.1) is 11.3 Å². The van der Waals surface area contributed by atoms with E-state index in [4.69, 9.17) is 18.9 Å². The van der Waals surface area contributed by atoms with Crippen molar-refractivity contribution in [3.8, 4) is 11.1 Å². The SMILES string of the molecule is COC(=O)NC(C(=O)N[C@@H](Cc1ccc(-c2cccnc2)cc1)C(O)CN(Cc1ccccc1)NC(=O)OC1COC2OCCC12)C(C)(C)C. The summed E-state index contributed by atoms with van der Waals surface area (Å²) in [6.45, 7) is 6.44. The summed E-state index contributed by atoms with van der Waals surface area (Å²) < 4.78 is 21.7. The molecule has 2 aliphatic heterocycles. The van der Waals surface area contributed by atoms with E-state index in [0.717, 1.165) is 28.7 Å². The first kappa shape index (κ1) is 36.7. The number of aliphatic hydroxyl groups excluding tert-OH is 1. The Labute approximate surface area is 292 Å². The minimum atomic E-state index is -1.18. The number of amides is 3. The van der Waals surface area contributed by atoms with E-state index in [-0.39, 0.29) is 38.3 Å². The van der Waals surface area contributed by atoms with Crippen LogP contribution in [-0.4, -0.2) is 90.6 Å². The van der Waals surface area contributed by atoms with Crippen LogP contribution in [-0.2, 0) is 36.7 Å². The smallest absolute Gasteiger partial charge is 0.422 e. The topological polar surface area (TPSA) is 161 Å². The number of ether oxygens (including phenoxy) is 4. The highest BCUT2D eigenvalue weighted by molar-refractivity contribution is 5.86. The largest absolute Gasteiger partial charge is 0.453 e. The third-order valence-corrected chi connectivity index (χ3v) is 8.89. The molecule has 2 aliphatic rings. The van der Waals surface area contributed by atoms with Gasteiger partial charge in [-0.3, -0.25) is 15.2 Å². The zero-order chi connectivity index (χ0) is 35.7. The second-order valence-corrected chi connectivity index (χ2v) is 13.7. The molecule has 50 heavy (non-hydrogen) atoms. The molecule has 5 rings (SSSR count). The van der Waals surface area contributed by atoms with Crippen LogP contribution in [0.1, 0.15) is 38.3 Å². The Hall–Kier alpha value is -4.56. The molecule has 13 heteroatoms. The number of hydrazine groups is 1. The summed E-state index contributed by atoms with van der Waals surface area (Å²) in [6, 6.07) is 19.3. The van der Waals surface area contributed by atoms with Gasteiger partial charge in [0.15, 0.2) is 6.29 Å². The van der Waals surface area contributed by atoms with Crippen molar-refractivity contribution in [3.05, 3.63) is 90.3 Å². The van der Waals surface area contributed by atoms with E-state index in [1.54, 1.807) is 17.4 Å². The second-order valence-electron chi connectivity index (χ2n) is 13.7. The van der Waals surface area contributed by atoms with E-state index in [0.29, 0.717) is 6.61 Å². The quantitative estimate of drug-likeness (QED) is 0.194. The van der Waals surface area contributed by atoms with Crippen molar-refractivity contribution in [2.75, 3.05) is 26.9 Å². The van der Waals surface area contributed by atoms with E-state index >= 15 is 0 Å². The number of rotatable bonds is 13. The minimum absolute atomic E-state index is 0.0348. The minimum Gasteiger partial charge on any atom is -0.453 e. The average Bonchev–Trinajstić information content (AvgIpc) is 3.72. The summed E-state index contributed by atoms with van der Waals surface area (Å²) in [7, 11) is 1.23. The number of hydrogen-bond donors (Lipinski definition) is 4. The maximum atomic E-state index is 13.8. The van der Waals surface area contributed by atoms with Gasteiger partial charge in [0.05, 0.1) is 38.4 Å². The number of hydrogen-bond acceptors (Lipinski definition) is 10. The third kappa shape index (κ3) is 10.0. The first-order chi connectivity index (χ1) is 24.0. The van der Waals surface area contributed by atoms with Gasteiger partial charge in [-0.1, -0.05) is 81.4 Å². The molecular weight excluding hydrogens is 642 g/mol. The molecule has 268 valence electrons. The third-order valence-electron chi connectivity index (χ3n) is 8.89. The second kappa shape index (κ2) is 16.9. The Kier molecular flexibility index (Phi) is 12.4. The van der Waals surface area contributed by atoms with Gasteiger partial charge in [0, 0.05) is 25.5 Å². The highest BCUT2D eigenvalue weighted by atomic mass is 16.7. The molecule has 4 N–H and O–H groups in total. The number of nitrogens with one attached hydrogen (secondary N) is 3. The van der Waals surface area contributed by atoms with Gasteiger partial charge in [-0.15, -0.1) is 0 Å². The van der Waals surface area contributed by atoms with E-state index in [1.807, 2.05) is 87.5 Å². The van der Waals surface area contributed by atoms with Crippen molar-refractivity contribution >= 4 is 18.1 Å². The summed E-state index contributed by atoms with van der Waals surface area (Å²) in [6.07, 6.45) is 1.04. The van der Waals surface area contributed by atoms with Gasteiger partial charge in [0.1, 0.15) is 12.1 Å². The fraction of sp³-hybridized carbons (Fsp3) is 0.459. The van der Waals surface area contributed by atoms with Gasteiger partial charge in [-0.2, -0.15) is 0 Å². The highest BCUT2D eigenvalue weighted by Crippen LogP contribution is 2.33. The predicted molar refractivity (Wildman–Crippen MR) is 184 cm³/mol. The van der Waals surface area contributed by atoms with Crippen LogP contribution in [0.3, 0.4) is 0 Å². The van der Waals surface area contributed by atoms with E-state index in [1.165, 1.54) is 7.11 Å². The van der Waals surface area contributed by atoms with E-state index < -0.39 is 47.8 Å². The van der Waals surface area contributed by atoms with Gasteiger partial charge in [-0.25, -0.2) is 14.6 Å². The van der Waals surface area contributed by atoms with Gasteiger partial charge in [0.2, 0.25) is 5.91 Å². The first-order valence-corrected chi connectivity index (χ1v) is 16.8. The monoisotopic (exact) mass is 689 g/mol. The van der Waals surface area contributed by atoms with Crippen molar-refractivity contribution in [1.29, 1.82) is 0 Å². The van der Waals surface area contributed by atoms with Gasteiger partial charge in [-0.05, 0) is 46.6 Å². The molecule has 0 spiro atoms. The molecule has 0 bridgehead atoms. The van der Waals surface area contributed by atoms with Crippen LogP contribution in [0.15, 0.2) is 79.1 Å². The predicted octanol–water partition coefficient (Wildman–Crippen LogP) is 3.81. The summed E-state index contributed by atoms with van der Waals surface area (Å²) in [4.78, 5) is 43.4. The first-order valence-electron chi connectivity index (χ1n) is 16.8. The molecule has 2 saturated heterocycles. The highest BCUT2D eigenvalue weighted by Gasteiger charge is 2.44. The lowest BCUT2D eigenvalue weighted by Gasteiger charge is -2.34. The number of alkyl carbamates (subject to hydrolysis) is 1. The van der Waals surface area contributed by atoms with Crippen LogP contribution >= 0.6 is 0 Å². The molecule has 0 saturated carbocycles. The van der Waals surface area contributed by atoms with Crippen LogP contribution in [0.2, 0.25) is 0 Å². The normalized spacial score (nSPS) is 20.3. The molecule has 6 atom stereocenters. The maximum Gasteiger partial charge on any atom is 0.422 e. The Morgan fingerprint density at radius 3 is 2.40 bits per heavy atom. The van der Waals surface area contributed by atoms with Crippen molar-refractivity contribution in [2.24, 2.45) is 11.3 Å². The molecule has 2 fully saturated rings. The summed E-state index contributed by atoms with van der Waals surface area (Å²) in [5.74, 6) is -0.525. The average molecular weight is 690 g/mol. The van der Waals surface area contributed by atoms with Crippen molar-refractivity contribution < 1.29 is 38.4 Å². The molecule has 0 aliphatic carbocycles. The Bertz CT molecular complexity index is 1550. The molecule has 3 heterocycles. The summed E-state index contributed by atoms with van der Waals surface area (Å²) in [5.41, 5.74) is 5.79. The summed E-state index contributed by atoms with van der Waals surface area (Å²) >= 11 is 0. The number of aliphatic hydroxyl groups is 1. The molecule has 13 nitrogen and oxygen atoms in total. The number of benzene rings is 2. The Balaban J connectivity index is 1.35. The van der Waals surface area contributed by atoms with Crippen molar-refractivity contribution in [3.63, 3.8) is 0 Å². The van der Waals surface area contributed by atoms with Crippen LogP contribution < -0.4 is 16.1 Å². The number of aromatic nitrogens is 1. The zero-order valence-electron chi connectivity index (χ0n) is 28.9. The standard InChI is InChI=1S/C37H47N5O8/c1-37(2,3)32(40-35(45)47-4)33(44)39-29(19-24-12-14-26(15-13-24)27-11-8-17-38-20-27)30(43)22-42(21-25-9-6-5-7-10-25)41-36(46)50-31-23-49-34-28(31)16-18-48-34/h5-15,17,20,28-32,34,43H,16,18-19,21-23H2,1-4H3,(H,39,44)(H,40,45)(H,41,46)/t28?,29-,30?,31?,32?,34?/m0/s1. The van der Waals surface area contributed by atoms with Crippen LogP contribution in [0.4, 0.5) is 9.59 Å². The molecule has 5 unspecified atom stereocenters. The number of pyridine rings is 1. The van der Waals surface area contributed by atoms with E-state index in [2.05, 4.69) is 21.0 Å². The van der Waals surface area contributed by atoms with Crippen LogP contribution in [0.25, 0.3) is 11.1 Å². The van der Waals surface area contributed by atoms with E-state index in [9.17, 15) is 19.5 Å². The van der Waals surface area contributed by atoms with Gasteiger partial charge in [0.25, 0.3) is 0 Å².